The molecule has 3 atom stereocenters. The van der Waals surface area contributed by atoms with Crippen LogP contribution in [-0.4, -0.2) is 24.0 Å². The number of phenolic OH excluding ortho intramolecular Hbond substituents is 1. The number of piperidine rings is 1. The SMILES string of the molecule is O=Cc1cc2c(cc1O)[C@]13CCCCC1[C@H](C2)NCC3. The molecule has 1 aliphatic heterocycles. The van der Waals surface area contributed by atoms with Crippen molar-refractivity contribution in [3.05, 3.63) is 28.8 Å². The smallest absolute Gasteiger partial charge is 0.153 e. The van der Waals surface area contributed by atoms with E-state index >= 15 is 0 Å². The molecule has 2 bridgehead atoms. The number of fused-ring (bicyclic) bond motifs is 1. The van der Waals surface area contributed by atoms with Crippen LogP contribution in [0.3, 0.4) is 0 Å². The van der Waals surface area contributed by atoms with E-state index in [0.717, 1.165) is 19.3 Å². The van der Waals surface area contributed by atoms with Gasteiger partial charge in [-0.05, 0) is 61.4 Å². The maximum atomic E-state index is 11.1. The van der Waals surface area contributed by atoms with Gasteiger partial charge in [-0.15, -0.1) is 0 Å². The Morgan fingerprint density at radius 2 is 2.20 bits per heavy atom. The van der Waals surface area contributed by atoms with Gasteiger partial charge in [-0.25, -0.2) is 0 Å². The molecular formula is C17H21NO2. The summed E-state index contributed by atoms with van der Waals surface area (Å²) in [4.78, 5) is 11.1. The number of aromatic hydroxyl groups is 1. The van der Waals surface area contributed by atoms with E-state index in [9.17, 15) is 9.90 Å². The first-order valence-electron chi connectivity index (χ1n) is 7.79. The summed E-state index contributed by atoms with van der Waals surface area (Å²) in [5.41, 5.74) is 3.30. The fraction of sp³-hybridized carbons (Fsp3) is 0.588. The normalized spacial score (nSPS) is 35.0. The number of hydrogen-bond acceptors (Lipinski definition) is 3. The molecule has 1 aromatic carbocycles. The van der Waals surface area contributed by atoms with Gasteiger partial charge in [0.15, 0.2) is 6.29 Å². The van der Waals surface area contributed by atoms with Crippen LogP contribution in [0.15, 0.2) is 12.1 Å². The molecule has 1 unspecified atom stereocenters. The summed E-state index contributed by atoms with van der Waals surface area (Å²) < 4.78 is 0. The number of carbonyl (C=O) groups is 1. The minimum atomic E-state index is 0.162. The van der Waals surface area contributed by atoms with Crippen LogP contribution in [0.25, 0.3) is 0 Å². The van der Waals surface area contributed by atoms with Crippen molar-refractivity contribution in [2.75, 3.05) is 6.54 Å². The monoisotopic (exact) mass is 271 g/mol. The number of aldehydes is 1. The van der Waals surface area contributed by atoms with Crippen molar-refractivity contribution in [2.24, 2.45) is 5.92 Å². The molecule has 4 rings (SSSR count). The van der Waals surface area contributed by atoms with E-state index in [2.05, 4.69) is 5.32 Å². The molecule has 2 fully saturated rings. The van der Waals surface area contributed by atoms with Crippen LogP contribution in [0.1, 0.15) is 53.6 Å². The number of carbonyl (C=O) groups excluding carboxylic acids is 1. The van der Waals surface area contributed by atoms with Crippen molar-refractivity contribution >= 4 is 6.29 Å². The molecule has 3 nitrogen and oxygen atoms in total. The zero-order valence-electron chi connectivity index (χ0n) is 11.7. The summed E-state index contributed by atoms with van der Waals surface area (Å²) in [6.45, 7) is 1.08. The van der Waals surface area contributed by atoms with E-state index in [1.54, 1.807) is 0 Å². The number of rotatable bonds is 1. The molecule has 1 heterocycles. The van der Waals surface area contributed by atoms with Gasteiger partial charge in [-0.2, -0.15) is 0 Å². The van der Waals surface area contributed by atoms with Crippen LogP contribution in [0, 0.1) is 5.92 Å². The lowest BCUT2D eigenvalue weighted by Gasteiger charge is -2.56. The Morgan fingerprint density at radius 1 is 1.30 bits per heavy atom. The third kappa shape index (κ3) is 1.53. The van der Waals surface area contributed by atoms with Crippen molar-refractivity contribution in [1.82, 2.24) is 5.32 Å². The fourth-order valence-electron chi connectivity index (χ4n) is 5.09. The quantitative estimate of drug-likeness (QED) is 0.772. The Kier molecular flexibility index (Phi) is 2.68. The van der Waals surface area contributed by atoms with Gasteiger partial charge in [0, 0.05) is 11.5 Å². The molecule has 3 aliphatic rings. The predicted molar refractivity (Wildman–Crippen MR) is 77.2 cm³/mol. The Hall–Kier alpha value is -1.35. The molecule has 106 valence electrons. The lowest BCUT2D eigenvalue weighted by molar-refractivity contribution is 0.0794. The summed E-state index contributed by atoms with van der Waals surface area (Å²) >= 11 is 0. The van der Waals surface area contributed by atoms with E-state index in [4.69, 9.17) is 0 Å². The number of nitrogens with one attached hydrogen (secondary N) is 1. The zero-order valence-corrected chi connectivity index (χ0v) is 11.7. The third-order valence-electron chi connectivity index (χ3n) is 5.92. The van der Waals surface area contributed by atoms with E-state index in [0.29, 0.717) is 17.5 Å². The maximum Gasteiger partial charge on any atom is 0.153 e. The lowest BCUT2D eigenvalue weighted by atomic mass is 9.52. The lowest BCUT2D eigenvalue weighted by Crippen LogP contribution is -2.59. The second kappa shape index (κ2) is 4.32. The second-order valence-corrected chi connectivity index (χ2v) is 6.71. The van der Waals surface area contributed by atoms with Gasteiger partial charge in [-0.3, -0.25) is 4.79 Å². The molecule has 1 saturated heterocycles. The molecule has 0 radical (unpaired) electrons. The average molecular weight is 271 g/mol. The minimum absolute atomic E-state index is 0.162. The first kappa shape index (κ1) is 12.4. The van der Waals surface area contributed by atoms with E-state index in [1.807, 2.05) is 12.1 Å². The first-order valence-corrected chi connectivity index (χ1v) is 7.79. The maximum absolute atomic E-state index is 11.1. The van der Waals surface area contributed by atoms with E-state index < -0.39 is 0 Å². The molecule has 1 aromatic rings. The number of hydrogen-bond donors (Lipinski definition) is 2. The molecule has 0 spiro atoms. The molecule has 1 saturated carbocycles. The molecule has 3 heteroatoms. The molecular weight excluding hydrogens is 250 g/mol. The van der Waals surface area contributed by atoms with Crippen molar-refractivity contribution < 1.29 is 9.90 Å². The molecule has 2 aliphatic carbocycles. The highest BCUT2D eigenvalue weighted by molar-refractivity contribution is 5.80. The average Bonchev–Trinajstić information content (AvgIpc) is 2.48. The Bertz CT molecular complexity index is 564. The largest absolute Gasteiger partial charge is 0.507 e. The first-order chi connectivity index (χ1) is 9.74. The van der Waals surface area contributed by atoms with Gasteiger partial charge in [0.25, 0.3) is 0 Å². The minimum Gasteiger partial charge on any atom is -0.507 e. The van der Waals surface area contributed by atoms with Crippen LogP contribution >= 0.6 is 0 Å². The summed E-state index contributed by atoms with van der Waals surface area (Å²) in [5.74, 6) is 0.869. The molecule has 0 aromatic heterocycles. The number of phenols is 1. The van der Waals surface area contributed by atoms with Crippen molar-refractivity contribution in [2.45, 2.75) is 50.0 Å². The highest BCUT2D eigenvalue weighted by Crippen LogP contribution is 2.54. The predicted octanol–water partition coefficient (Wildman–Crippen LogP) is 2.55. The second-order valence-electron chi connectivity index (χ2n) is 6.71. The molecule has 2 N–H and O–H groups in total. The Morgan fingerprint density at radius 3 is 3.05 bits per heavy atom. The number of benzene rings is 1. The van der Waals surface area contributed by atoms with Gasteiger partial charge >= 0.3 is 0 Å². The highest BCUT2D eigenvalue weighted by Gasteiger charge is 2.51. The highest BCUT2D eigenvalue weighted by atomic mass is 16.3. The van der Waals surface area contributed by atoms with Crippen LogP contribution < -0.4 is 5.32 Å². The summed E-state index contributed by atoms with van der Waals surface area (Å²) in [7, 11) is 0. The van der Waals surface area contributed by atoms with Crippen LogP contribution in [-0.2, 0) is 11.8 Å². The van der Waals surface area contributed by atoms with E-state index in [1.165, 1.54) is 43.2 Å². The van der Waals surface area contributed by atoms with Gasteiger partial charge in [-0.1, -0.05) is 12.8 Å². The standard InChI is InChI=1S/C17H21NO2/c19-10-12-7-11-8-15-13-3-1-2-4-17(13,5-6-18-15)14(11)9-16(12)20/h7,9-10,13,15,18,20H,1-6,8H2/t13?,15-,17-/m0/s1. The summed E-state index contributed by atoms with van der Waals surface area (Å²) in [6, 6.07) is 4.38. The fourth-order valence-corrected chi connectivity index (χ4v) is 5.09. The molecule has 20 heavy (non-hydrogen) atoms. The van der Waals surface area contributed by atoms with Gasteiger partial charge < -0.3 is 10.4 Å². The van der Waals surface area contributed by atoms with Gasteiger partial charge in [0.2, 0.25) is 0 Å². The van der Waals surface area contributed by atoms with Gasteiger partial charge in [0.1, 0.15) is 5.75 Å². The Balaban J connectivity index is 1.91. The van der Waals surface area contributed by atoms with Gasteiger partial charge in [0.05, 0.1) is 5.56 Å². The third-order valence-corrected chi connectivity index (χ3v) is 5.92. The van der Waals surface area contributed by atoms with Crippen LogP contribution in [0.2, 0.25) is 0 Å². The van der Waals surface area contributed by atoms with Crippen LogP contribution in [0.4, 0.5) is 0 Å². The van der Waals surface area contributed by atoms with Crippen molar-refractivity contribution in [1.29, 1.82) is 0 Å². The molecule has 0 amide bonds. The van der Waals surface area contributed by atoms with Crippen LogP contribution in [0.5, 0.6) is 5.75 Å². The Labute approximate surface area is 119 Å². The van der Waals surface area contributed by atoms with Crippen molar-refractivity contribution in [3.63, 3.8) is 0 Å². The topological polar surface area (TPSA) is 49.3 Å². The van der Waals surface area contributed by atoms with E-state index in [-0.39, 0.29) is 11.2 Å². The zero-order chi connectivity index (χ0) is 13.7. The van der Waals surface area contributed by atoms with Crippen molar-refractivity contribution in [3.8, 4) is 5.75 Å². The summed E-state index contributed by atoms with van der Waals surface area (Å²) in [5, 5.41) is 13.8. The summed E-state index contributed by atoms with van der Waals surface area (Å²) in [6.07, 6.45) is 8.10.